The van der Waals surface area contributed by atoms with Gasteiger partial charge in [-0.05, 0) is 23.3 Å². The molecule has 0 radical (unpaired) electrons. The maximum atomic E-state index is 5.72. The fourth-order valence-corrected chi connectivity index (χ4v) is 2.02. The molecule has 0 aliphatic rings. The molecule has 0 spiro atoms. The molecule has 0 bridgehead atoms. The van der Waals surface area contributed by atoms with Gasteiger partial charge in [0.05, 0.1) is 6.42 Å². The summed E-state index contributed by atoms with van der Waals surface area (Å²) < 4.78 is 5.28. The van der Waals surface area contributed by atoms with Crippen molar-refractivity contribution in [1.82, 2.24) is 15.1 Å². The first-order valence-corrected chi connectivity index (χ1v) is 6.37. The Morgan fingerprint density at radius 3 is 2.55 bits per heavy atom. The second kappa shape index (κ2) is 5.63. The monoisotopic (exact) mass is 266 g/mol. The lowest BCUT2D eigenvalue weighted by Crippen LogP contribution is -2.02. The lowest BCUT2D eigenvalue weighted by molar-refractivity contribution is 0.385. The van der Waals surface area contributed by atoms with Gasteiger partial charge in [0.25, 0.3) is 0 Å². The van der Waals surface area contributed by atoms with Crippen LogP contribution in [0.3, 0.4) is 0 Å². The fraction of sp³-hybridized carbons (Fsp3) is 0.133. The van der Waals surface area contributed by atoms with Crippen LogP contribution in [-0.4, -0.2) is 15.1 Å². The number of nitrogens with zero attached hydrogens (tertiary/aromatic N) is 3. The second-order valence-corrected chi connectivity index (χ2v) is 4.38. The number of hydrogen-bond acceptors (Lipinski definition) is 5. The van der Waals surface area contributed by atoms with Crippen molar-refractivity contribution in [3.63, 3.8) is 0 Å². The molecular formula is C15H14N4O. The summed E-state index contributed by atoms with van der Waals surface area (Å²) in [5.41, 5.74) is 8.62. The smallest absolute Gasteiger partial charge is 0.231 e. The van der Waals surface area contributed by atoms with E-state index in [9.17, 15) is 0 Å². The molecule has 2 heterocycles. The topological polar surface area (TPSA) is 77.8 Å². The van der Waals surface area contributed by atoms with Crippen molar-refractivity contribution in [3.05, 3.63) is 65.7 Å². The molecule has 1 aromatic carbocycles. The zero-order chi connectivity index (χ0) is 13.8. The Morgan fingerprint density at radius 2 is 1.80 bits per heavy atom. The summed E-state index contributed by atoms with van der Waals surface area (Å²) in [6.07, 6.45) is 2.28. The third-order valence-electron chi connectivity index (χ3n) is 3.04. The van der Waals surface area contributed by atoms with Crippen LogP contribution < -0.4 is 5.73 Å². The van der Waals surface area contributed by atoms with Crippen LogP contribution in [0.1, 0.15) is 17.0 Å². The Morgan fingerprint density at radius 1 is 1.00 bits per heavy atom. The summed E-state index contributed by atoms with van der Waals surface area (Å²) in [7, 11) is 0. The van der Waals surface area contributed by atoms with E-state index in [1.165, 1.54) is 0 Å². The van der Waals surface area contributed by atoms with E-state index in [1.54, 1.807) is 6.20 Å². The van der Waals surface area contributed by atoms with Crippen LogP contribution in [0.4, 0.5) is 0 Å². The van der Waals surface area contributed by atoms with Gasteiger partial charge in [0.15, 0.2) is 0 Å². The normalized spacial score (nSPS) is 10.7. The van der Waals surface area contributed by atoms with Crippen LogP contribution >= 0.6 is 0 Å². The van der Waals surface area contributed by atoms with Crippen LogP contribution in [-0.2, 0) is 13.0 Å². The van der Waals surface area contributed by atoms with Gasteiger partial charge in [0.2, 0.25) is 11.7 Å². The van der Waals surface area contributed by atoms with E-state index >= 15 is 0 Å². The van der Waals surface area contributed by atoms with E-state index in [0.717, 1.165) is 11.1 Å². The average Bonchev–Trinajstić information content (AvgIpc) is 2.97. The predicted octanol–water partition coefficient (Wildman–Crippen LogP) is 2.18. The minimum atomic E-state index is 0.497. The molecule has 0 atom stereocenters. The van der Waals surface area contributed by atoms with Crippen molar-refractivity contribution in [1.29, 1.82) is 0 Å². The van der Waals surface area contributed by atoms with Crippen LogP contribution in [0.15, 0.2) is 53.2 Å². The summed E-state index contributed by atoms with van der Waals surface area (Å²) in [6.45, 7) is 0.497. The fourth-order valence-electron chi connectivity index (χ4n) is 2.02. The maximum absolute atomic E-state index is 5.72. The standard InChI is InChI=1S/C15H14N4O/c16-10-12-6-2-1-5-11(12)9-14-18-15(19-20-14)13-7-3-4-8-17-13/h1-8H,9-10,16H2. The Bertz CT molecular complexity index is 694. The lowest BCUT2D eigenvalue weighted by Gasteiger charge is -2.03. The summed E-state index contributed by atoms with van der Waals surface area (Å²) >= 11 is 0. The minimum Gasteiger partial charge on any atom is -0.339 e. The summed E-state index contributed by atoms with van der Waals surface area (Å²) in [5, 5.41) is 3.96. The van der Waals surface area contributed by atoms with Crippen LogP contribution in [0, 0.1) is 0 Å². The van der Waals surface area contributed by atoms with Gasteiger partial charge in [-0.1, -0.05) is 35.5 Å². The summed E-state index contributed by atoms with van der Waals surface area (Å²) in [5.74, 6) is 1.07. The van der Waals surface area contributed by atoms with Crippen LogP contribution in [0.25, 0.3) is 11.5 Å². The number of aromatic nitrogens is 3. The molecule has 0 aliphatic heterocycles. The summed E-state index contributed by atoms with van der Waals surface area (Å²) in [6, 6.07) is 13.6. The number of pyridine rings is 1. The zero-order valence-electron chi connectivity index (χ0n) is 10.9. The highest BCUT2D eigenvalue weighted by molar-refractivity contribution is 5.47. The maximum Gasteiger partial charge on any atom is 0.231 e. The number of nitrogens with two attached hydrogens (primary N) is 1. The molecule has 2 aromatic heterocycles. The molecule has 0 amide bonds. The molecule has 0 saturated carbocycles. The van der Waals surface area contributed by atoms with Gasteiger partial charge in [-0.25, -0.2) is 0 Å². The van der Waals surface area contributed by atoms with E-state index in [-0.39, 0.29) is 0 Å². The third-order valence-corrected chi connectivity index (χ3v) is 3.04. The van der Waals surface area contributed by atoms with Crippen LogP contribution in [0.5, 0.6) is 0 Å². The molecule has 0 aliphatic carbocycles. The summed E-state index contributed by atoms with van der Waals surface area (Å²) in [4.78, 5) is 8.57. The van der Waals surface area contributed by atoms with Gasteiger partial charge in [-0.15, -0.1) is 0 Å². The highest BCUT2D eigenvalue weighted by Gasteiger charge is 2.11. The van der Waals surface area contributed by atoms with E-state index in [1.807, 2.05) is 42.5 Å². The van der Waals surface area contributed by atoms with Gasteiger partial charge in [0, 0.05) is 12.7 Å². The molecule has 0 unspecified atom stereocenters. The van der Waals surface area contributed by atoms with E-state index in [0.29, 0.717) is 30.4 Å². The van der Waals surface area contributed by atoms with Crippen molar-refractivity contribution in [2.75, 3.05) is 0 Å². The van der Waals surface area contributed by atoms with Gasteiger partial charge in [-0.3, -0.25) is 4.98 Å². The minimum absolute atomic E-state index is 0.497. The van der Waals surface area contributed by atoms with E-state index in [2.05, 4.69) is 15.1 Å². The molecule has 3 rings (SSSR count). The molecule has 20 heavy (non-hydrogen) atoms. The Balaban J connectivity index is 1.84. The Hall–Kier alpha value is -2.53. The van der Waals surface area contributed by atoms with Gasteiger partial charge >= 0.3 is 0 Å². The Labute approximate surface area is 116 Å². The molecular weight excluding hydrogens is 252 g/mol. The van der Waals surface area contributed by atoms with Gasteiger partial charge < -0.3 is 10.3 Å². The Kier molecular flexibility index (Phi) is 3.52. The van der Waals surface area contributed by atoms with Gasteiger partial charge in [-0.2, -0.15) is 4.98 Å². The molecule has 100 valence electrons. The number of rotatable bonds is 4. The lowest BCUT2D eigenvalue weighted by atomic mass is 10.0. The molecule has 5 heteroatoms. The highest BCUT2D eigenvalue weighted by atomic mass is 16.5. The van der Waals surface area contributed by atoms with Gasteiger partial charge in [0.1, 0.15) is 5.69 Å². The molecule has 0 fully saturated rings. The van der Waals surface area contributed by atoms with Crippen molar-refractivity contribution in [2.24, 2.45) is 5.73 Å². The van der Waals surface area contributed by atoms with Crippen molar-refractivity contribution in [2.45, 2.75) is 13.0 Å². The van der Waals surface area contributed by atoms with Crippen LogP contribution in [0.2, 0.25) is 0 Å². The molecule has 3 aromatic rings. The van der Waals surface area contributed by atoms with E-state index in [4.69, 9.17) is 10.3 Å². The first-order valence-electron chi connectivity index (χ1n) is 6.37. The first kappa shape index (κ1) is 12.5. The third kappa shape index (κ3) is 2.57. The molecule has 5 nitrogen and oxygen atoms in total. The quantitative estimate of drug-likeness (QED) is 0.783. The van der Waals surface area contributed by atoms with E-state index < -0.39 is 0 Å². The number of benzene rings is 1. The molecule has 0 saturated heterocycles. The molecule has 2 N–H and O–H groups in total. The first-order chi connectivity index (χ1) is 9.86. The van der Waals surface area contributed by atoms with Crippen molar-refractivity contribution in [3.8, 4) is 11.5 Å². The largest absolute Gasteiger partial charge is 0.339 e. The van der Waals surface area contributed by atoms with Crippen molar-refractivity contribution >= 4 is 0 Å². The van der Waals surface area contributed by atoms with Crippen molar-refractivity contribution < 1.29 is 4.52 Å². The zero-order valence-corrected chi connectivity index (χ0v) is 10.9. The number of hydrogen-bond donors (Lipinski definition) is 1. The SMILES string of the molecule is NCc1ccccc1Cc1nc(-c2ccccn2)no1. The highest BCUT2D eigenvalue weighted by Crippen LogP contribution is 2.16. The second-order valence-electron chi connectivity index (χ2n) is 4.38. The predicted molar refractivity (Wildman–Crippen MR) is 74.7 cm³/mol. The average molecular weight is 266 g/mol.